The molecule has 0 saturated heterocycles. The van der Waals surface area contributed by atoms with Gasteiger partial charge in [0.2, 0.25) is 0 Å². The highest BCUT2D eigenvalue weighted by Gasteiger charge is 2.14. The molecule has 1 aromatic carbocycles. The molecular weight excluding hydrogens is 257 g/mol. The molecule has 3 N–H and O–H groups in total. The molecule has 4 nitrogen and oxygen atoms in total. The smallest absolute Gasteiger partial charge is 0.255 e. The Labute approximate surface area is 116 Å². The lowest BCUT2D eigenvalue weighted by atomic mass is 10.1. The summed E-state index contributed by atoms with van der Waals surface area (Å²) in [7, 11) is 0. The zero-order chi connectivity index (χ0) is 14.7. The van der Waals surface area contributed by atoms with Crippen LogP contribution in [0.4, 0.5) is 10.1 Å². The number of nitrogen functional groups attached to an aromatic ring is 1. The first kappa shape index (κ1) is 14.0. The van der Waals surface area contributed by atoms with Gasteiger partial charge in [-0.05, 0) is 37.6 Å². The maximum Gasteiger partial charge on any atom is 0.255 e. The van der Waals surface area contributed by atoms with E-state index in [2.05, 4.69) is 10.3 Å². The van der Waals surface area contributed by atoms with E-state index in [0.717, 1.165) is 5.69 Å². The number of nitrogens with zero attached hydrogens (tertiary/aromatic N) is 1. The molecule has 1 atom stereocenters. The second kappa shape index (κ2) is 5.69. The van der Waals surface area contributed by atoms with Gasteiger partial charge < -0.3 is 11.1 Å². The summed E-state index contributed by atoms with van der Waals surface area (Å²) >= 11 is 0. The number of aromatic nitrogens is 1. The summed E-state index contributed by atoms with van der Waals surface area (Å²) in [5.41, 5.74) is 7.93. The van der Waals surface area contributed by atoms with E-state index in [0.29, 0.717) is 16.8 Å². The zero-order valence-electron chi connectivity index (χ0n) is 11.4. The van der Waals surface area contributed by atoms with Gasteiger partial charge in [-0.25, -0.2) is 4.39 Å². The maximum absolute atomic E-state index is 13.2. The lowest BCUT2D eigenvalue weighted by Crippen LogP contribution is -2.27. The fourth-order valence-corrected chi connectivity index (χ4v) is 1.90. The van der Waals surface area contributed by atoms with Crippen molar-refractivity contribution in [1.29, 1.82) is 0 Å². The van der Waals surface area contributed by atoms with Gasteiger partial charge in [-0.1, -0.05) is 12.1 Å². The summed E-state index contributed by atoms with van der Waals surface area (Å²) in [4.78, 5) is 16.2. The summed E-state index contributed by atoms with van der Waals surface area (Å²) in [6, 6.07) is 7.43. The lowest BCUT2D eigenvalue weighted by Gasteiger charge is -2.15. The van der Waals surface area contributed by atoms with Crippen LogP contribution in [0.15, 0.2) is 36.5 Å². The van der Waals surface area contributed by atoms with E-state index in [4.69, 9.17) is 5.73 Å². The number of anilines is 1. The predicted molar refractivity (Wildman–Crippen MR) is 75.7 cm³/mol. The van der Waals surface area contributed by atoms with Crippen LogP contribution in [-0.4, -0.2) is 10.9 Å². The Morgan fingerprint density at radius 2 is 2.15 bits per heavy atom. The van der Waals surface area contributed by atoms with Gasteiger partial charge in [-0.15, -0.1) is 0 Å². The normalized spacial score (nSPS) is 11.9. The second-order valence-electron chi connectivity index (χ2n) is 4.66. The van der Waals surface area contributed by atoms with Crippen LogP contribution in [0.1, 0.15) is 34.6 Å². The first-order valence-electron chi connectivity index (χ1n) is 6.26. The molecule has 5 heteroatoms. The molecule has 2 aromatic rings. The molecule has 0 saturated carbocycles. The van der Waals surface area contributed by atoms with E-state index in [1.807, 2.05) is 0 Å². The molecule has 104 valence electrons. The summed E-state index contributed by atoms with van der Waals surface area (Å²) < 4.78 is 13.2. The van der Waals surface area contributed by atoms with Crippen molar-refractivity contribution in [3.63, 3.8) is 0 Å². The SMILES string of the molecule is Cc1cc(N)c(C(=O)NC(C)c2cccc(F)c2)cn1. The van der Waals surface area contributed by atoms with Crippen LogP contribution in [0, 0.1) is 12.7 Å². The second-order valence-corrected chi connectivity index (χ2v) is 4.66. The van der Waals surface area contributed by atoms with Crippen molar-refractivity contribution in [2.24, 2.45) is 0 Å². The standard InChI is InChI=1S/C15H16FN3O/c1-9-6-14(17)13(8-18-9)15(20)19-10(2)11-4-3-5-12(16)7-11/h3-8,10H,1-2H3,(H2,17,18)(H,19,20). The molecule has 20 heavy (non-hydrogen) atoms. The third-order valence-corrected chi connectivity index (χ3v) is 3.01. The van der Waals surface area contributed by atoms with Gasteiger partial charge in [0.05, 0.1) is 11.6 Å². The number of hydrogen-bond acceptors (Lipinski definition) is 3. The largest absolute Gasteiger partial charge is 0.398 e. The minimum Gasteiger partial charge on any atom is -0.398 e. The van der Waals surface area contributed by atoms with Gasteiger partial charge >= 0.3 is 0 Å². The van der Waals surface area contributed by atoms with Crippen molar-refractivity contribution >= 4 is 11.6 Å². The zero-order valence-corrected chi connectivity index (χ0v) is 11.4. The van der Waals surface area contributed by atoms with E-state index >= 15 is 0 Å². The molecule has 0 fully saturated rings. The Bertz CT molecular complexity index is 643. The Balaban J connectivity index is 2.15. The minimum atomic E-state index is -0.333. The van der Waals surface area contributed by atoms with Gasteiger partial charge in [-0.2, -0.15) is 0 Å². The molecule has 1 heterocycles. The molecule has 0 aliphatic heterocycles. The van der Waals surface area contributed by atoms with Gasteiger partial charge in [0, 0.05) is 17.6 Å². The highest BCUT2D eigenvalue weighted by Crippen LogP contribution is 2.16. The van der Waals surface area contributed by atoms with E-state index in [9.17, 15) is 9.18 Å². The number of carbonyl (C=O) groups is 1. The van der Waals surface area contributed by atoms with Crippen LogP contribution in [-0.2, 0) is 0 Å². The number of amides is 1. The Morgan fingerprint density at radius 1 is 1.40 bits per heavy atom. The Hall–Kier alpha value is -2.43. The van der Waals surface area contributed by atoms with E-state index in [1.165, 1.54) is 18.3 Å². The van der Waals surface area contributed by atoms with Gasteiger partial charge in [0.25, 0.3) is 5.91 Å². The van der Waals surface area contributed by atoms with Gasteiger partial charge in [0.1, 0.15) is 5.82 Å². The van der Waals surface area contributed by atoms with Crippen molar-refractivity contribution in [2.75, 3.05) is 5.73 Å². The van der Waals surface area contributed by atoms with Crippen LogP contribution < -0.4 is 11.1 Å². The highest BCUT2D eigenvalue weighted by molar-refractivity contribution is 5.99. The van der Waals surface area contributed by atoms with Crippen LogP contribution >= 0.6 is 0 Å². The number of pyridine rings is 1. The molecule has 0 aliphatic carbocycles. The van der Waals surface area contributed by atoms with E-state index in [1.54, 1.807) is 32.0 Å². The van der Waals surface area contributed by atoms with Crippen molar-refractivity contribution in [3.8, 4) is 0 Å². The third-order valence-electron chi connectivity index (χ3n) is 3.01. The predicted octanol–water partition coefficient (Wildman–Crippen LogP) is 2.60. The molecule has 2 rings (SSSR count). The number of nitrogens with two attached hydrogens (primary N) is 1. The highest BCUT2D eigenvalue weighted by atomic mass is 19.1. The molecule has 0 radical (unpaired) electrons. The van der Waals surface area contributed by atoms with Gasteiger partial charge in [-0.3, -0.25) is 9.78 Å². The molecule has 0 spiro atoms. The van der Waals surface area contributed by atoms with Crippen LogP contribution in [0.5, 0.6) is 0 Å². The fraction of sp³-hybridized carbons (Fsp3) is 0.200. The average Bonchev–Trinajstić information content (AvgIpc) is 2.38. The van der Waals surface area contributed by atoms with Crippen molar-refractivity contribution < 1.29 is 9.18 Å². The molecular formula is C15H16FN3O. The lowest BCUT2D eigenvalue weighted by molar-refractivity contribution is 0.0940. The van der Waals surface area contributed by atoms with Gasteiger partial charge in [0.15, 0.2) is 0 Å². The molecule has 0 aliphatic rings. The van der Waals surface area contributed by atoms with Crippen molar-refractivity contribution in [1.82, 2.24) is 10.3 Å². The average molecular weight is 273 g/mol. The summed E-state index contributed by atoms with van der Waals surface area (Å²) in [5.74, 6) is -0.660. The number of aryl methyl sites for hydroxylation is 1. The number of rotatable bonds is 3. The Morgan fingerprint density at radius 3 is 2.80 bits per heavy atom. The number of carbonyl (C=O) groups excluding carboxylic acids is 1. The number of hydrogen-bond donors (Lipinski definition) is 2. The first-order chi connectivity index (χ1) is 9.47. The number of halogens is 1. The summed E-state index contributed by atoms with van der Waals surface area (Å²) in [5, 5.41) is 2.77. The summed E-state index contributed by atoms with van der Waals surface area (Å²) in [6.07, 6.45) is 1.44. The quantitative estimate of drug-likeness (QED) is 0.903. The van der Waals surface area contributed by atoms with E-state index < -0.39 is 0 Å². The first-order valence-corrected chi connectivity index (χ1v) is 6.26. The van der Waals surface area contributed by atoms with Crippen molar-refractivity contribution in [2.45, 2.75) is 19.9 Å². The topological polar surface area (TPSA) is 68.0 Å². The monoisotopic (exact) mass is 273 g/mol. The minimum absolute atomic E-state index is 0.318. The maximum atomic E-state index is 13.2. The van der Waals surface area contributed by atoms with Crippen LogP contribution in [0.2, 0.25) is 0 Å². The molecule has 1 amide bonds. The molecule has 0 bridgehead atoms. The fourth-order valence-electron chi connectivity index (χ4n) is 1.90. The molecule has 1 unspecified atom stereocenters. The summed E-state index contributed by atoms with van der Waals surface area (Å²) in [6.45, 7) is 3.58. The van der Waals surface area contributed by atoms with E-state index in [-0.39, 0.29) is 17.8 Å². The van der Waals surface area contributed by atoms with Crippen molar-refractivity contribution in [3.05, 3.63) is 59.2 Å². The van der Waals surface area contributed by atoms with Crippen LogP contribution in [0.25, 0.3) is 0 Å². The number of benzene rings is 1. The van der Waals surface area contributed by atoms with Crippen LogP contribution in [0.3, 0.4) is 0 Å². The molecule has 1 aromatic heterocycles. The number of nitrogens with one attached hydrogen (secondary N) is 1. The third kappa shape index (κ3) is 3.12. The Kier molecular flexibility index (Phi) is 3.98.